The van der Waals surface area contributed by atoms with Crippen LogP contribution in [0.25, 0.3) is 0 Å². The number of rotatable bonds is 10. The summed E-state index contributed by atoms with van der Waals surface area (Å²) in [4.78, 5) is 28.7. The molecule has 0 radical (unpaired) electrons. The van der Waals surface area contributed by atoms with Crippen LogP contribution in [0.1, 0.15) is 35.2 Å². The molecule has 1 fully saturated rings. The Labute approximate surface area is 183 Å². The minimum absolute atomic E-state index is 0.0593. The molecule has 1 aliphatic heterocycles. The molecule has 0 aliphatic carbocycles. The van der Waals surface area contributed by atoms with Crippen LogP contribution in [0, 0.1) is 6.92 Å². The molecule has 0 spiro atoms. The van der Waals surface area contributed by atoms with Crippen molar-refractivity contribution in [3.63, 3.8) is 0 Å². The van der Waals surface area contributed by atoms with Gasteiger partial charge in [0.1, 0.15) is 0 Å². The molecule has 0 bridgehead atoms. The first kappa shape index (κ1) is 22.3. The van der Waals surface area contributed by atoms with E-state index in [0.717, 1.165) is 39.1 Å². The van der Waals surface area contributed by atoms with E-state index in [-0.39, 0.29) is 11.8 Å². The van der Waals surface area contributed by atoms with Gasteiger partial charge in [-0.1, -0.05) is 12.1 Å². The summed E-state index contributed by atoms with van der Waals surface area (Å²) in [5.74, 6) is -0.0109. The molecule has 3 rings (SSSR count). The maximum Gasteiger partial charge on any atom is 0.252 e. The fourth-order valence-electron chi connectivity index (χ4n) is 3.62. The molecule has 1 aromatic heterocycles. The van der Waals surface area contributed by atoms with Gasteiger partial charge in [-0.15, -0.1) is 0 Å². The number of aryl methyl sites for hydroxylation is 1. The van der Waals surface area contributed by atoms with E-state index in [0.29, 0.717) is 31.5 Å². The van der Waals surface area contributed by atoms with Crippen LogP contribution in [-0.2, 0) is 4.79 Å². The third-order valence-electron chi connectivity index (χ3n) is 5.36. The summed E-state index contributed by atoms with van der Waals surface area (Å²) >= 11 is 1.50. The van der Waals surface area contributed by atoms with Crippen molar-refractivity contribution in [3.8, 4) is 0 Å². The molecular weight excluding hydrogens is 396 g/mol. The van der Waals surface area contributed by atoms with E-state index < -0.39 is 0 Å². The molecule has 7 heteroatoms. The predicted octanol–water partition coefficient (Wildman–Crippen LogP) is 2.90. The molecule has 6 nitrogen and oxygen atoms in total. The average molecular weight is 429 g/mol. The predicted molar refractivity (Wildman–Crippen MR) is 123 cm³/mol. The summed E-state index contributed by atoms with van der Waals surface area (Å²) in [6.45, 7) is 8.59. The summed E-state index contributed by atoms with van der Waals surface area (Å²) in [5, 5.41) is 9.54. The molecule has 2 N–H and O–H groups in total. The van der Waals surface area contributed by atoms with Crippen LogP contribution >= 0.6 is 11.3 Å². The Morgan fingerprint density at radius 3 is 2.57 bits per heavy atom. The molecule has 0 saturated carbocycles. The quantitative estimate of drug-likeness (QED) is 0.571. The SMILES string of the molecule is Cc1cccc(N2CCN(CCCNC(=O)CCCNC(=O)c3ccsc3)CC2)c1. The van der Waals surface area contributed by atoms with Crippen LogP contribution in [0.5, 0.6) is 0 Å². The van der Waals surface area contributed by atoms with Gasteiger partial charge in [-0.3, -0.25) is 14.5 Å². The van der Waals surface area contributed by atoms with Gasteiger partial charge in [-0.2, -0.15) is 11.3 Å². The monoisotopic (exact) mass is 428 g/mol. The lowest BCUT2D eigenvalue weighted by Gasteiger charge is -2.36. The van der Waals surface area contributed by atoms with Gasteiger partial charge >= 0.3 is 0 Å². The Morgan fingerprint density at radius 2 is 1.83 bits per heavy atom. The van der Waals surface area contributed by atoms with Crippen molar-refractivity contribution in [2.45, 2.75) is 26.2 Å². The lowest BCUT2D eigenvalue weighted by molar-refractivity contribution is -0.121. The highest BCUT2D eigenvalue weighted by Crippen LogP contribution is 2.17. The number of benzene rings is 1. The van der Waals surface area contributed by atoms with Gasteiger partial charge in [0.25, 0.3) is 5.91 Å². The smallest absolute Gasteiger partial charge is 0.252 e. The molecule has 0 atom stereocenters. The molecule has 0 unspecified atom stereocenters. The number of hydrogen-bond acceptors (Lipinski definition) is 5. The maximum absolute atomic E-state index is 12.0. The summed E-state index contributed by atoms with van der Waals surface area (Å²) < 4.78 is 0. The zero-order chi connectivity index (χ0) is 21.2. The number of anilines is 1. The fourth-order valence-corrected chi connectivity index (χ4v) is 4.26. The van der Waals surface area contributed by atoms with E-state index in [9.17, 15) is 9.59 Å². The average Bonchev–Trinajstić information content (AvgIpc) is 3.30. The molecule has 2 heterocycles. The second-order valence-corrected chi connectivity index (χ2v) is 8.52. The highest BCUT2D eigenvalue weighted by atomic mass is 32.1. The van der Waals surface area contributed by atoms with Gasteiger partial charge in [0.15, 0.2) is 0 Å². The number of amides is 2. The lowest BCUT2D eigenvalue weighted by atomic mass is 10.2. The molecule has 2 amide bonds. The van der Waals surface area contributed by atoms with Gasteiger partial charge in [0.05, 0.1) is 0 Å². The largest absolute Gasteiger partial charge is 0.369 e. The van der Waals surface area contributed by atoms with Crippen LogP contribution in [0.4, 0.5) is 5.69 Å². The zero-order valence-corrected chi connectivity index (χ0v) is 18.5. The highest BCUT2D eigenvalue weighted by molar-refractivity contribution is 7.08. The Balaban J connectivity index is 1.21. The van der Waals surface area contributed by atoms with Gasteiger partial charge in [0.2, 0.25) is 5.91 Å². The third-order valence-corrected chi connectivity index (χ3v) is 6.05. The molecule has 1 aliphatic rings. The third kappa shape index (κ3) is 7.15. The van der Waals surface area contributed by atoms with Gasteiger partial charge in [-0.05, 0) is 55.5 Å². The second kappa shape index (κ2) is 11.7. The number of thiophene rings is 1. The molecule has 30 heavy (non-hydrogen) atoms. The van der Waals surface area contributed by atoms with E-state index in [1.54, 1.807) is 6.07 Å². The topological polar surface area (TPSA) is 64.7 Å². The number of nitrogens with one attached hydrogen (secondary N) is 2. The van der Waals surface area contributed by atoms with E-state index >= 15 is 0 Å². The summed E-state index contributed by atoms with van der Waals surface area (Å²) in [6, 6.07) is 10.5. The highest BCUT2D eigenvalue weighted by Gasteiger charge is 2.16. The first-order valence-corrected chi connectivity index (χ1v) is 11.7. The molecule has 162 valence electrons. The van der Waals surface area contributed by atoms with Crippen LogP contribution in [0.15, 0.2) is 41.1 Å². The van der Waals surface area contributed by atoms with Crippen LogP contribution in [0.2, 0.25) is 0 Å². The first-order chi connectivity index (χ1) is 14.6. The maximum atomic E-state index is 12.0. The normalized spacial score (nSPS) is 14.5. The van der Waals surface area contributed by atoms with Crippen molar-refractivity contribution in [1.82, 2.24) is 15.5 Å². The van der Waals surface area contributed by atoms with Gasteiger partial charge in [0, 0.05) is 62.3 Å². The standard InChI is InChI=1S/C23H32N4O2S/c1-19-5-2-6-21(17-19)27-14-12-26(13-15-27)11-4-10-24-22(28)7-3-9-25-23(29)20-8-16-30-18-20/h2,5-6,8,16-18H,3-4,7,9-15H2,1H3,(H,24,28)(H,25,29). The number of piperazine rings is 1. The van der Waals surface area contributed by atoms with Crippen molar-refractivity contribution in [1.29, 1.82) is 0 Å². The van der Waals surface area contributed by atoms with E-state index in [1.807, 2.05) is 10.8 Å². The minimum atomic E-state index is -0.0702. The summed E-state index contributed by atoms with van der Waals surface area (Å²) in [5.41, 5.74) is 3.30. The molecular formula is C23H32N4O2S. The van der Waals surface area contributed by atoms with Crippen molar-refractivity contribution in [3.05, 3.63) is 52.2 Å². The molecule has 2 aromatic rings. The van der Waals surface area contributed by atoms with Crippen LogP contribution in [0.3, 0.4) is 0 Å². The molecule has 1 aromatic carbocycles. The first-order valence-electron chi connectivity index (χ1n) is 10.7. The number of carbonyl (C=O) groups is 2. The van der Waals surface area contributed by atoms with Crippen LogP contribution < -0.4 is 15.5 Å². The van der Waals surface area contributed by atoms with Crippen molar-refractivity contribution in [2.24, 2.45) is 0 Å². The Hall–Kier alpha value is -2.38. The van der Waals surface area contributed by atoms with E-state index in [1.165, 1.54) is 22.6 Å². The summed E-state index contributed by atoms with van der Waals surface area (Å²) in [6.07, 6.45) is 2.06. The van der Waals surface area contributed by atoms with E-state index in [2.05, 4.69) is 51.6 Å². The fraction of sp³-hybridized carbons (Fsp3) is 0.478. The van der Waals surface area contributed by atoms with Crippen molar-refractivity contribution in [2.75, 3.05) is 50.7 Å². The number of nitrogens with zero attached hydrogens (tertiary/aromatic N) is 2. The van der Waals surface area contributed by atoms with Crippen molar-refractivity contribution >= 4 is 28.8 Å². The lowest BCUT2D eigenvalue weighted by Crippen LogP contribution is -2.47. The molecule has 1 saturated heterocycles. The Kier molecular flexibility index (Phi) is 8.71. The van der Waals surface area contributed by atoms with Gasteiger partial charge < -0.3 is 15.5 Å². The second-order valence-electron chi connectivity index (χ2n) is 7.74. The number of hydrogen-bond donors (Lipinski definition) is 2. The Morgan fingerprint density at radius 1 is 1.03 bits per heavy atom. The van der Waals surface area contributed by atoms with Crippen molar-refractivity contribution < 1.29 is 9.59 Å². The Bertz CT molecular complexity index is 801. The zero-order valence-electron chi connectivity index (χ0n) is 17.7. The van der Waals surface area contributed by atoms with E-state index in [4.69, 9.17) is 0 Å². The minimum Gasteiger partial charge on any atom is -0.369 e. The summed E-state index contributed by atoms with van der Waals surface area (Å²) in [7, 11) is 0. The van der Waals surface area contributed by atoms with Crippen LogP contribution in [-0.4, -0.2) is 62.5 Å². The van der Waals surface area contributed by atoms with Gasteiger partial charge in [-0.25, -0.2) is 0 Å². The number of carbonyl (C=O) groups excluding carboxylic acids is 2.